The van der Waals surface area contributed by atoms with Gasteiger partial charge >= 0.3 is 11.8 Å². The summed E-state index contributed by atoms with van der Waals surface area (Å²) in [5.74, 6) is -0.751. The van der Waals surface area contributed by atoms with Gasteiger partial charge in [0.15, 0.2) is 11.5 Å². The first kappa shape index (κ1) is 25.6. The van der Waals surface area contributed by atoms with Crippen molar-refractivity contribution in [1.82, 2.24) is 5.43 Å². The van der Waals surface area contributed by atoms with Crippen LogP contribution in [0, 0.1) is 0 Å². The number of hydrogen-bond donors (Lipinski definition) is 2. The number of nitrogens with one attached hydrogen (secondary N) is 2. The van der Waals surface area contributed by atoms with Gasteiger partial charge in [0, 0.05) is 15.7 Å². The summed E-state index contributed by atoms with van der Waals surface area (Å²) in [6, 6.07) is 17.2. The summed E-state index contributed by atoms with van der Waals surface area (Å²) < 4.78 is 12.3. The Labute approximate surface area is 215 Å². The molecule has 0 aromatic heterocycles. The lowest BCUT2D eigenvalue weighted by atomic mass is 10.2. The highest BCUT2D eigenvalue weighted by atomic mass is 79.9. The average Bonchev–Trinajstić information content (AvgIpc) is 2.81. The molecule has 3 aromatic rings. The maximum Gasteiger partial charge on any atom is 0.329 e. The van der Waals surface area contributed by atoms with E-state index in [4.69, 9.17) is 32.7 Å². The van der Waals surface area contributed by atoms with Crippen molar-refractivity contribution in [3.8, 4) is 11.5 Å². The van der Waals surface area contributed by atoms with Gasteiger partial charge in [-0.2, -0.15) is 5.10 Å². The Morgan fingerprint density at radius 2 is 1.62 bits per heavy atom. The number of amides is 2. The average molecular weight is 565 g/mol. The zero-order valence-corrected chi connectivity index (χ0v) is 21.1. The Balaban J connectivity index is 1.64. The Bertz CT molecular complexity index is 1190. The summed E-state index contributed by atoms with van der Waals surface area (Å²) in [5, 5.41) is 7.48. The second kappa shape index (κ2) is 12.4. The molecule has 2 N–H and O–H groups in total. The van der Waals surface area contributed by atoms with Crippen molar-refractivity contribution in [3.05, 3.63) is 86.3 Å². The van der Waals surface area contributed by atoms with E-state index in [1.807, 2.05) is 19.1 Å². The third-order valence-electron chi connectivity index (χ3n) is 4.32. The standard InChI is InChI=1S/C24H20BrCl2N3O4/c1-2-33-21-12-16(11-20(25)22(21)34-14-15-3-5-17(26)6-4-15)13-28-30-24(32)23(31)29-19-9-7-18(27)8-10-19/h3-13H,2,14H2,1H3,(H,29,31)(H,30,32)/b28-13+. The van der Waals surface area contributed by atoms with Gasteiger partial charge < -0.3 is 14.8 Å². The third kappa shape index (κ3) is 7.48. The Morgan fingerprint density at radius 3 is 2.26 bits per heavy atom. The monoisotopic (exact) mass is 563 g/mol. The van der Waals surface area contributed by atoms with Gasteiger partial charge in [0.1, 0.15) is 6.61 Å². The number of hydrazone groups is 1. The second-order valence-electron chi connectivity index (χ2n) is 6.84. The van der Waals surface area contributed by atoms with Crippen LogP contribution in [0.15, 0.2) is 70.2 Å². The summed E-state index contributed by atoms with van der Waals surface area (Å²) in [6.07, 6.45) is 1.39. The van der Waals surface area contributed by atoms with Gasteiger partial charge in [-0.05, 0) is 82.5 Å². The van der Waals surface area contributed by atoms with Crippen LogP contribution in [-0.4, -0.2) is 24.6 Å². The van der Waals surface area contributed by atoms with Crippen molar-refractivity contribution in [1.29, 1.82) is 0 Å². The SMILES string of the molecule is CCOc1cc(/C=N/NC(=O)C(=O)Nc2ccc(Cl)cc2)cc(Br)c1OCc1ccc(Cl)cc1. The normalized spacial score (nSPS) is 10.7. The molecule has 0 unspecified atom stereocenters. The molecule has 0 saturated heterocycles. The number of carbonyl (C=O) groups is 2. The van der Waals surface area contributed by atoms with Crippen molar-refractivity contribution < 1.29 is 19.1 Å². The van der Waals surface area contributed by atoms with E-state index in [1.54, 1.807) is 48.5 Å². The predicted octanol–water partition coefficient (Wildman–Crippen LogP) is 5.82. The van der Waals surface area contributed by atoms with Crippen LogP contribution in [0.25, 0.3) is 0 Å². The summed E-state index contributed by atoms with van der Waals surface area (Å²) in [7, 11) is 0. The lowest BCUT2D eigenvalue weighted by molar-refractivity contribution is -0.136. The molecule has 0 heterocycles. The quantitative estimate of drug-likeness (QED) is 0.205. The summed E-state index contributed by atoms with van der Waals surface area (Å²) in [4.78, 5) is 24.0. The number of nitrogens with zero attached hydrogens (tertiary/aromatic N) is 1. The van der Waals surface area contributed by atoms with Gasteiger partial charge in [-0.15, -0.1) is 0 Å². The van der Waals surface area contributed by atoms with Crippen LogP contribution < -0.4 is 20.2 Å². The molecular formula is C24H20BrCl2N3O4. The maximum atomic E-state index is 12.0. The molecule has 0 atom stereocenters. The molecule has 0 bridgehead atoms. The number of anilines is 1. The molecule has 0 spiro atoms. The third-order valence-corrected chi connectivity index (χ3v) is 5.41. The van der Waals surface area contributed by atoms with Crippen LogP contribution in [-0.2, 0) is 16.2 Å². The Kier molecular flexibility index (Phi) is 9.33. The molecule has 3 rings (SSSR count). The van der Waals surface area contributed by atoms with Crippen LogP contribution in [0.3, 0.4) is 0 Å². The molecule has 2 amide bonds. The van der Waals surface area contributed by atoms with Crippen LogP contribution in [0.4, 0.5) is 5.69 Å². The molecule has 176 valence electrons. The highest BCUT2D eigenvalue weighted by Crippen LogP contribution is 2.37. The smallest absolute Gasteiger partial charge is 0.329 e. The minimum absolute atomic E-state index is 0.321. The van der Waals surface area contributed by atoms with Crippen molar-refractivity contribution >= 4 is 62.8 Å². The lowest BCUT2D eigenvalue weighted by Crippen LogP contribution is -2.32. The van der Waals surface area contributed by atoms with Crippen LogP contribution >= 0.6 is 39.1 Å². The van der Waals surface area contributed by atoms with Crippen LogP contribution in [0.1, 0.15) is 18.1 Å². The minimum atomic E-state index is -0.918. The van der Waals surface area contributed by atoms with Gasteiger partial charge in [-0.25, -0.2) is 5.43 Å². The molecular weight excluding hydrogens is 545 g/mol. The van der Waals surface area contributed by atoms with Gasteiger partial charge in [0.2, 0.25) is 0 Å². The summed E-state index contributed by atoms with van der Waals surface area (Å²) in [5.41, 5.74) is 4.20. The van der Waals surface area contributed by atoms with Crippen molar-refractivity contribution in [2.24, 2.45) is 5.10 Å². The van der Waals surface area contributed by atoms with E-state index < -0.39 is 11.8 Å². The lowest BCUT2D eigenvalue weighted by Gasteiger charge is -2.14. The molecule has 10 heteroatoms. The van der Waals surface area contributed by atoms with Gasteiger partial charge in [0.25, 0.3) is 0 Å². The zero-order valence-electron chi connectivity index (χ0n) is 18.0. The highest BCUT2D eigenvalue weighted by molar-refractivity contribution is 9.10. The van der Waals surface area contributed by atoms with Crippen LogP contribution in [0.2, 0.25) is 10.0 Å². The van der Waals surface area contributed by atoms with E-state index >= 15 is 0 Å². The fourth-order valence-corrected chi connectivity index (χ4v) is 3.57. The summed E-state index contributed by atoms with van der Waals surface area (Å²) >= 11 is 15.2. The molecule has 0 saturated carbocycles. The van der Waals surface area contributed by atoms with Crippen LogP contribution in [0.5, 0.6) is 11.5 Å². The molecule has 0 aliphatic rings. The zero-order chi connectivity index (χ0) is 24.5. The van der Waals surface area contributed by atoms with E-state index in [2.05, 4.69) is 31.8 Å². The van der Waals surface area contributed by atoms with E-state index in [1.165, 1.54) is 6.21 Å². The number of benzene rings is 3. The fraction of sp³-hybridized carbons (Fsp3) is 0.125. The molecule has 34 heavy (non-hydrogen) atoms. The Morgan fingerprint density at radius 1 is 0.971 bits per heavy atom. The van der Waals surface area contributed by atoms with Gasteiger partial charge in [0.05, 0.1) is 17.3 Å². The van der Waals surface area contributed by atoms with E-state index in [-0.39, 0.29) is 0 Å². The van der Waals surface area contributed by atoms with Crippen molar-refractivity contribution in [3.63, 3.8) is 0 Å². The first-order valence-electron chi connectivity index (χ1n) is 10.1. The first-order valence-corrected chi connectivity index (χ1v) is 11.6. The second-order valence-corrected chi connectivity index (χ2v) is 8.57. The van der Waals surface area contributed by atoms with Gasteiger partial charge in [-0.1, -0.05) is 35.3 Å². The minimum Gasteiger partial charge on any atom is -0.490 e. The van der Waals surface area contributed by atoms with E-state index in [0.717, 1.165) is 5.56 Å². The Hall–Kier alpha value is -3.07. The highest BCUT2D eigenvalue weighted by Gasteiger charge is 2.14. The van der Waals surface area contributed by atoms with E-state index in [9.17, 15) is 9.59 Å². The molecule has 0 aliphatic heterocycles. The molecule has 0 radical (unpaired) electrons. The van der Waals surface area contributed by atoms with Crippen molar-refractivity contribution in [2.45, 2.75) is 13.5 Å². The van der Waals surface area contributed by atoms with Crippen molar-refractivity contribution in [2.75, 3.05) is 11.9 Å². The number of ether oxygens (including phenoxy) is 2. The predicted molar refractivity (Wildman–Crippen MR) is 137 cm³/mol. The van der Waals surface area contributed by atoms with Gasteiger partial charge in [-0.3, -0.25) is 9.59 Å². The number of carbonyl (C=O) groups excluding carboxylic acids is 2. The maximum absolute atomic E-state index is 12.0. The number of hydrogen-bond acceptors (Lipinski definition) is 5. The van der Waals surface area contributed by atoms with E-state index in [0.29, 0.717) is 50.5 Å². The number of halogens is 3. The topological polar surface area (TPSA) is 89.0 Å². The first-order chi connectivity index (χ1) is 16.4. The molecule has 0 fully saturated rings. The molecule has 0 aliphatic carbocycles. The fourth-order valence-electron chi connectivity index (χ4n) is 2.74. The number of rotatable bonds is 8. The largest absolute Gasteiger partial charge is 0.490 e. The summed E-state index contributed by atoms with van der Waals surface area (Å²) in [6.45, 7) is 2.60. The molecule has 7 nitrogen and oxygen atoms in total. The molecule has 3 aromatic carbocycles.